The molecule has 4 aromatic rings. The van der Waals surface area contributed by atoms with E-state index in [1.54, 1.807) is 41.6 Å². The van der Waals surface area contributed by atoms with Gasteiger partial charge in [0.05, 0.1) is 17.1 Å². The van der Waals surface area contributed by atoms with Crippen molar-refractivity contribution in [2.24, 2.45) is 5.92 Å². The summed E-state index contributed by atoms with van der Waals surface area (Å²) in [4.78, 5) is 24.4. The number of pyridine rings is 2. The molecule has 0 spiro atoms. The van der Waals surface area contributed by atoms with Gasteiger partial charge in [-0.15, -0.1) is 0 Å². The molecule has 0 bridgehead atoms. The van der Waals surface area contributed by atoms with Gasteiger partial charge in [-0.25, -0.2) is 4.98 Å². The lowest BCUT2D eigenvalue weighted by molar-refractivity contribution is -0.137. The zero-order chi connectivity index (χ0) is 25.0. The predicted octanol–water partition coefficient (Wildman–Crippen LogP) is 5.76. The smallest absolute Gasteiger partial charge is 0.416 e. The number of carbonyl (C=O) groups excluding carboxylic acids is 1. The second kappa shape index (κ2) is 8.36. The largest absolute Gasteiger partial charge is 0.491 e. The first-order chi connectivity index (χ1) is 17.3. The lowest BCUT2D eigenvalue weighted by Gasteiger charge is -2.35. The van der Waals surface area contributed by atoms with Gasteiger partial charge in [-0.2, -0.15) is 13.2 Å². The number of hydrogen-bond donors (Lipinski definition) is 1. The van der Waals surface area contributed by atoms with Crippen molar-refractivity contribution in [3.05, 3.63) is 71.5 Å². The molecule has 36 heavy (non-hydrogen) atoms. The highest BCUT2D eigenvalue weighted by Crippen LogP contribution is 2.42. The number of nitrogen functional groups attached to an aromatic ring is 1. The molecule has 184 valence electrons. The van der Waals surface area contributed by atoms with E-state index in [9.17, 15) is 18.0 Å². The molecule has 2 aliphatic rings. The first-order valence-corrected chi connectivity index (χ1v) is 11.9. The van der Waals surface area contributed by atoms with Crippen LogP contribution in [0.3, 0.4) is 0 Å². The Morgan fingerprint density at radius 3 is 2.67 bits per heavy atom. The van der Waals surface area contributed by atoms with Crippen LogP contribution in [0.2, 0.25) is 0 Å². The van der Waals surface area contributed by atoms with E-state index in [0.717, 1.165) is 47.6 Å². The van der Waals surface area contributed by atoms with Gasteiger partial charge in [-0.1, -0.05) is 12.5 Å². The first kappa shape index (κ1) is 22.6. The number of hydrogen-bond acceptors (Lipinski definition) is 5. The van der Waals surface area contributed by atoms with E-state index in [4.69, 9.17) is 10.5 Å². The Morgan fingerprint density at radius 2 is 1.92 bits per heavy atom. The maximum absolute atomic E-state index is 13.9. The van der Waals surface area contributed by atoms with Crippen LogP contribution in [0.4, 0.5) is 19.0 Å². The topological polar surface area (TPSA) is 81.3 Å². The molecule has 2 N–H and O–H groups in total. The summed E-state index contributed by atoms with van der Waals surface area (Å²) >= 11 is 0. The van der Waals surface area contributed by atoms with Crippen molar-refractivity contribution in [3.63, 3.8) is 0 Å². The van der Waals surface area contributed by atoms with Crippen molar-refractivity contribution in [1.29, 1.82) is 0 Å². The fourth-order valence-corrected chi connectivity index (χ4v) is 5.10. The molecule has 1 fully saturated rings. The van der Waals surface area contributed by atoms with Gasteiger partial charge >= 0.3 is 6.18 Å². The quantitative estimate of drug-likeness (QED) is 0.367. The number of halogens is 3. The van der Waals surface area contributed by atoms with Crippen LogP contribution in [0.5, 0.6) is 5.75 Å². The summed E-state index contributed by atoms with van der Waals surface area (Å²) in [6.07, 6.45) is 2.04. The van der Waals surface area contributed by atoms with Crippen LogP contribution in [0.1, 0.15) is 46.8 Å². The molecular formula is C27H23F3N4O2. The van der Waals surface area contributed by atoms with Crippen LogP contribution in [0.25, 0.3) is 21.7 Å². The second-order valence-corrected chi connectivity index (χ2v) is 9.48. The third kappa shape index (κ3) is 3.79. The number of nitrogens with two attached hydrogens (primary N) is 1. The van der Waals surface area contributed by atoms with Gasteiger partial charge < -0.3 is 15.4 Å². The van der Waals surface area contributed by atoms with Gasteiger partial charge in [-0.3, -0.25) is 9.78 Å². The SMILES string of the molecule is Nc1nc2ccc(C(=O)N(CC3CCC3)C3COc4cc(C(F)(F)F)ccc43)cc2c2cnccc12. The molecule has 6 rings (SSSR count). The van der Waals surface area contributed by atoms with Crippen molar-refractivity contribution in [3.8, 4) is 5.75 Å². The number of alkyl halides is 3. The standard InChI is InChI=1S/C27H23F3N4O2/c28-27(29,30)17-5-6-19-23(14-36-24(19)11-17)34(13-15-2-1-3-15)26(35)16-4-7-22-20(10-16)21-12-32-9-8-18(21)25(31)33-22/h4-12,15,23H,1-3,13-14H2,(H2,31,33). The average Bonchev–Trinajstić information content (AvgIpc) is 3.26. The Morgan fingerprint density at radius 1 is 1.08 bits per heavy atom. The second-order valence-electron chi connectivity index (χ2n) is 9.48. The maximum Gasteiger partial charge on any atom is 0.416 e. The van der Waals surface area contributed by atoms with E-state index in [1.165, 1.54) is 6.07 Å². The van der Waals surface area contributed by atoms with Crippen molar-refractivity contribution in [2.75, 3.05) is 18.9 Å². The molecule has 0 saturated heterocycles. The van der Waals surface area contributed by atoms with Crippen molar-refractivity contribution in [1.82, 2.24) is 14.9 Å². The summed E-state index contributed by atoms with van der Waals surface area (Å²) in [5, 5.41) is 2.32. The first-order valence-electron chi connectivity index (χ1n) is 11.9. The minimum atomic E-state index is -4.46. The number of aromatic nitrogens is 2. The Kier molecular flexibility index (Phi) is 5.24. The van der Waals surface area contributed by atoms with Crippen LogP contribution in [0.15, 0.2) is 54.9 Å². The van der Waals surface area contributed by atoms with E-state index < -0.39 is 17.8 Å². The van der Waals surface area contributed by atoms with Crippen LogP contribution >= 0.6 is 0 Å². The molecule has 1 unspecified atom stereocenters. The lowest BCUT2D eigenvalue weighted by Crippen LogP contribution is -2.40. The highest BCUT2D eigenvalue weighted by Gasteiger charge is 2.38. The molecule has 1 aliphatic carbocycles. The number of benzene rings is 2. The number of rotatable bonds is 4. The summed E-state index contributed by atoms with van der Waals surface area (Å²) < 4.78 is 45.3. The summed E-state index contributed by atoms with van der Waals surface area (Å²) in [5.74, 6) is 0.735. The monoisotopic (exact) mass is 492 g/mol. The molecule has 9 heteroatoms. The minimum absolute atomic E-state index is 0.119. The highest BCUT2D eigenvalue weighted by atomic mass is 19.4. The van der Waals surface area contributed by atoms with E-state index in [0.29, 0.717) is 34.9 Å². The Bertz CT molecular complexity index is 1500. The van der Waals surface area contributed by atoms with E-state index in [1.807, 2.05) is 0 Å². The van der Waals surface area contributed by atoms with Crippen molar-refractivity contribution in [2.45, 2.75) is 31.5 Å². The van der Waals surface area contributed by atoms with Gasteiger partial charge in [0.2, 0.25) is 0 Å². The number of carbonyl (C=O) groups is 1. The number of anilines is 1. The fourth-order valence-electron chi connectivity index (χ4n) is 5.10. The van der Waals surface area contributed by atoms with Crippen LogP contribution < -0.4 is 10.5 Å². The van der Waals surface area contributed by atoms with Crippen LogP contribution in [-0.4, -0.2) is 33.9 Å². The molecule has 3 heterocycles. The van der Waals surface area contributed by atoms with Gasteiger partial charge in [0, 0.05) is 46.2 Å². The number of ether oxygens (including phenoxy) is 1. The number of fused-ring (bicyclic) bond motifs is 4. The summed E-state index contributed by atoms with van der Waals surface area (Å²) in [6, 6.07) is 10.1. The molecule has 6 nitrogen and oxygen atoms in total. The molecule has 1 aliphatic heterocycles. The molecule has 1 atom stereocenters. The normalized spacial score (nSPS) is 17.6. The van der Waals surface area contributed by atoms with E-state index in [2.05, 4.69) is 9.97 Å². The molecular weight excluding hydrogens is 469 g/mol. The molecule has 2 aromatic heterocycles. The van der Waals surface area contributed by atoms with Gasteiger partial charge in [0.25, 0.3) is 5.91 Å². The lowest BCUT2D eigenvalue weighted by atomic mass is 9.84. The minimum Gasteiger partial charge on any atom is -0.491 e. The predicted molar refractivity (Wildman–Crippen MR) is 130 cm³/mol. The highest BCUT2D eigenvalue weighted by molar-refractivity contribution is 6.11. The van der Waals surface area contributed by atoms with Crippen molar-refractivity contribution >= 4 is 33.4 Å². The van der Waals surface area contributed by atoms with Crippen molar-refractivity contribution < 1.29 is 22.7 Å². The summed E-state index contributed by atoms with van der Waals surface area (Å²) in [5.41, 5.74) is 7.07. The summed E-state index contributed by atoms with van der Waals surface area (Å²) in [7, 11) is 0. The zero-order valence-corrected chi connectivity index (χ0v) is 19.3. The van der Waals surface area contributed by atoms with Gasteiger partial charge in [-0.05, 0) is 55.2 Å². The molecule has 1 amide bonds. The Balaban J connectivity index is 1.40. The van der Waals surface area contributed by atoms with Gasteiger partial charge in [0.15, 0.2) is 0 Å². The average molecular weight is 493 g/mol. The zero-order valence-electron chi connectivity index (χ0n) is 19.3. The van der Waals surface area contributed by atoms with E-state index >= 15 is 0 Å². The van der Waals surface area contributed by atoms with Crippen LogP contribution in [-0.2, 0) is 6.18 Å². The summed E-state index contributed by atoms with van der Waals surface area (Å²) in [6.45, 7) is 0.640. The molecule has 2 aromatic carbocycles. The number of nitrogens with zero attached hydrogens (tertiary/aromatic N) is 3. The molecule has 0 radical (unpaired) electrons. The molecule has 1 saturated carbocycles. The van der Waals surface area contributed by atoms with Crippen LogP contribution in [0, 0.1) is 5.92 Å². The Labute approximate surface area is 204 Å². The third-order valence-corrected chi connectivity index (χ3v) is 7.28. The van der Waals surface area contributed by atoms with E-state index in [-0.39, 0.29) is 18.3 Å². The third-order valence-electron chi connectivity index (χ3n) is 7.28. The van der Waals surface area contributed by atoms with Gasteiger partial charge in [0.1, 0.15) is 18.2 Å². The maximum atomic E-state index is 13.9. The number of amides is 1. The Hall–Kier alpha value is -3.88. The fraction of sp³-hybridized carbons (Fsp3) is 0.296.